The van der Waals surface area contributed by atoms with Crippen LogP contribution in [0.15, 0.2) is 71.5 Å². The first kappa shape index (κ1) is 19.7. The van der Waals surface area contributed by atoms with Crippen molar-refractivity contribution in [3.63, 3.8) is 0 Å². The molecule has 4 aromatic rings. The third kappa shape index (κ3) is 5.03. The second-order valence-corrected chi connectivity index (χ2v) is 7.65. The molecular formula is C22H20N6OS. The van der Waals surface area contributed by atoms with E-state index in [1.54, 1.807) is 18.6 Å². The number of thiazole rings is 1. The summed E-state index contributed by atoms with van der Waals surface area (Å²) < 4.78 is 1.86. The lowest BCUT2D eigenvalue weighted by molar-refractivity contribution is -0.120. The monoisotopic (exact) mass is 416 g/mol. The summed E-state index contributed by atoms with van der Waals surface area (Å²) in [4.78, 5) is 20.6. The smallest absolute Gasteiger partial charge is 0.246 e. The number of aromatic nitrogens is 4. The van der Waals surface area contributed by atoms with Crippen LogP contribution in [-0.4, -0.2) is 31.9 Å². The summed E-state index contributed by atoms with van der Waals surface area (Å²) in [6.45, 7) is 2.54. The summed E-state index contributed by atoms with van der Waals surface area (Å²) in [5.74, 6) is -0.208. The standard InChI is InChI=1S/C22H20N6OS/c1-16-15-30-21(25-16)10-20(29)26-24-12-19-14-28(13-17-6-3-2-4-7-17)27-22(19)18-8-5-9-23-11-18/h2-9,11-12,14-15H,10,13H2,1H3,(H,26,29). The van der Waals surface area contributed by atoms with E-state index in [9.17, 15) is 4.79 Å². The molecule has 150 valence electrons. The quantitative estimate of drug-likeness (QED) is 0.369. The third-order valence-corrected chi connectivity index (χ3v) is 5.25. The number of amides is 1. The number of nitrogens with one attached hydrogen (secondary N) is 1. The molecule has 0 saturated heterocycles. The summed E-state index contributed by atoms with van der Waals surface area (Å²) in [6.07, 6.45) is 7.21. The zero-order chi connectivity index (χ0) is 20.8. The Hall–Kier alpha value is -3.65. The zero-order valence-electron chi connectivity index (χ0n) is 16.4. The van der Waals surface area contributed by atoms with Crippen LogP contribution in [0.2, 0.25) is 0 Å². The number of benzene rings is 1. The minimum absolute atomic E-state index is 0.207. The highest BCUT2D eigenvalue weighted by Crippen LogP contribution is 2.20. The molecule has 0 unspecified atom stereocenters. The Morgan fingerprint density at radius 1 is 1.23 bits per heavy atom. The fourth-order valence-electron chi connectivity index (χ4n) is 2.94. The molecule has 0 radical (unpaired) electrons. The predicted molar refractivity (Wildman–Crippen MR) is 117 cm³/mol. The Morgan fingerprint density at radius 3 is 2.83 bits per heavy atom. The van der Waals surface area contributed by atoms with Gasteiger partial charge in [0.2, 0.25) is 5.91 Å². The minimum atomic E-state index is -0.208. The lowest BCUT2D eigenvalue weighted by atomic mass is 10.1. The van der Waals surface area contributed by atoms with Gasteiger partial charge in [0.1, 0.15) is 10.7 Å². The van der Waals surface area contributed by atoms with E-state index in [0.717, 1.165) is 33.1 Å². The van der Waals surface area contributed by atoms with E-state index in [0.29, 0.717) is 6.54 Å². The molecule has 0 aliphatic rings. The summed E-state index contributed by atoms with van der Waals surface area (Å²) in [7, 11) is 0. The van der Waals surface area contributed by atoms with Gasteiger partial charge in [0.05, 0.1) is 19.2 Å². The Morgan fingerprint density at radius 2 is 2.10 bits per heavy atom. The van der Waals surface area contributed by atoms with Gasteiger partial charge in [0, 0.05) is 40.8 Å². The Labute approximate surface area is 178 Å². The van der Waals surface area contributed by atoms with Crippen molar-refractivity contribution < 1.29 is 4.79 Å². The molecule has 0 aliphatic carbocycles. The molecule has 1 aromatic carbocycles. The summed E-state index contributed by atoms with van der Waals surface area (Å²) >= 11 is 1.47. The molecule has 0 fully saturated rings. The minimum Gasteiger partial charge on any atom is -0.273 e. The van der Waals surface area contributed by atoms with E-state index in [1.807, 2.05) is 53.5 Å². The number of hydrogen-bond donors (Lipinski definition) is 1. The normalized spacial score (nSPS) is 11.1. The van der Waals surface area contributed by atoms with Gasteiger partial charge in [-0.2, -0.15) is 10.2 Å². The molecule has 1 amide bonds. The fourth-order valence-corrected chi connectivity index (χ4v) is 3.71. The number of hydrogen-bond acceptors (Lipinski definition) is 6. The first-order valence-corrected chi connectivity index (χ1v) is 10.3. The van der Waals surface area contributed by atoms with Gasteiger partial charge in [0.25, 0.3) is 0 Å². The molecule has 0 aliphatic heterocycles. The number of carbonyl (C=O) groups excluding carboxylic acids is 1. The van der Waals surface area contributed by atoms with Gasteiger partial charge in [-0.15, -0.1) is 11.3 Å². The number of pyridine rings is 1. The van der Waals surface area contributed by atoms with E-state index in [4.69, 9.17) is 5.10 Å². The van der Waals surface area contributed by atoms with Crippen molar-refractivity contribution in [2.24, 2.45) is 5.10 Å². The van der Waals surface area contributed by atoms with Crippen LogP contribution in [0.25, 0.3) is 11.3 Å². The van der Waals surface area contributed by atoms with Crippen molar-refractivity contribution >= 4 is 23.5 Å². The van der Waals surface area contributed by atoms with E-state index in [1.165, 1.54) is 11.3 Å². The lowest BCUT2D eigenvalue weighted by Crippen LogP contribution is -2.19. The SMILES string of the molecule is Cc1csc(CC(=O)NN=Cc2cn(Cc3ccccc3)nc2-c2cccnc2)n1. The Kier molecular flexibility index (Phi) is 6.05. The van der Waals surface area contributed by atoms with Gasteiger partial charge in [0.15, 0.2) is 0 Å². The number of rotatable bonds is 7. The lowest BCUT2D eigenvalue weighted by Gasteiger charge is -2.01. The molecule has 3 aromatic heterocycles. The molecule has 30 heavy (non-hydrogen) atoms. The molecule has 3 heterocycles. The molecule has 0 atom stereocenters. The number of hydrazone groups is 1. The zero-order valence-corrected chi connectivity index (χ0v) is 17.2. The van der Waals surface area contributed by atoms with E-state index in [2.05, 4.69) is 32.6 Å². The van der Waals surface area contributed by atoms with E-state index >= 15 is 0 Å². The molecule has 0 saturated carbocycles. The molecule has 7 nitrogen and oxygen atoms in total. The van der Waals surface area contributed by atoms with Gasteiger partial charge >= 0.3 is 0 Å². The fraction of sp³-hybridized carbons (Fsp3) is 0.136. The number of carbonyl (C=O) groups is 1. The summed E-state index contributed by atoms with van der Waals surface area (Å²) in [5, 5.41) is 11.5. The highest BCUT2D eigenvalue weighted by Gasteiger charge is 2.11. The van der Waals surface area contributed by atoms with Crippen LogP contribution in [0.5, 0.6) is 0 Å². The van der Waals surface area contributed by atoms with Crippen molar-refractivity contribution in [2.45, 2.75) is 19.9 Å². The van der Waals surface area contributed by atoms with Crippen molar-refractivity contribution in [1.82, 2.24) is 25.2 Å². The van der Waals surface area contributed by atoms with E-state index in [-0.39, 0.29) is 12.3 Å². The third-order valence-electron chi connectivity index (χ3n) is 4.28. The van der Waals surface area contributed by atoms with Crippen LogP contribution in [0.4, 0.5) is 0 Å². The number of nitrogens with zero attached hydrogens (tertiary/aromatic N) is 5. The largest absolute Gasteiger partial charge is 0.273 e. The average Bonchev–Trinajstić information content (AvgIpc) is 3.35. The Bertz CT molecular complexity index is 1150. The second kappa shape index (κ2) is 9.23. The van der Waals surface area contributed by atoms with Crippen molar-refractivity contribution in [3.8, 4) is 11.3 Å². The van der Waals surface area contributed by atoms with Crippen LogP contribution in [-0.2, 0) is 17.8 Å². The van der Waals surface area contributed by atoms with Gasteiger partial charge in [-0.1, -0.05) is 30.3 Å². The van der Waals surface area contributed by atoms with Gasteiger partial charge < -0.3 is 0 Å². The van der Waals surface area contributed by atoms with Crippen molar-refractivity contribution in [3.05, 3.63) is 88.3 Å². The molecule has 1 N–H and O–H groups in total. The maximum atomic E-state index is 12.1. The van der Waals surface area contributed by atoms with Crippen LogP contribution in [0.3, 0.4) is 0 Å². The van der Waals surface area contributed by atoms with Crippen LogP contribution >= 0.6 is 11.3 Å². The van der Waals surface area contributed by atoms with Crippen LogP contribution < -0.4 is 5.43 Å². The molecule has 4 rings (SSSR count). The first-order chi connectivity index (χ1) is 14.7. The molecular weight excluding hydrogens is 396 g/mol. The van der Waals surface area contributed by atoms with Gasteiger partial charge in [-0.05, 0) is 24.6 Å². The van der Waals surface area contributed by atoms with Crippen molar-refractivity contribution in [2.75, 3.05) is 0 Å². The maximum absolute atomic E-state index is 12.1. The van der Waals surface area contributed by atoms with Crippen LogP contribution in [0.1, 0.15) is 21.8 Å². The first-order valence-electron chi connectivity index (χ1n) is 9.42. The predicted octanol–water partition coefficient (Wildman–Crippen LogP) is 3.45. The highest BCUT2D eigenvalue weighted by molar-refractivity contribution is 7.09. The maximum Gasteiger partial charge on any atom is 0.246 e. The summed E-state index contributed by atoms with van der Waals surface area (Å²) in [6, 6.07) is 13.9. The average molecular weight is 417 g/mol. The number of aryl methyl sites for hydroxylation is 1. The molecule has 8 heteroatoms. The molecule has 0 bridgehead atoms. The van der Waals surface area contributed by atoms with Crippen molar-refractivity contribution in [1.29, 1.82) is 0 Å². The van der Waals surface area contributed by atoms with Crippen LogP contribution in [0, 0.1) is 6.92 Å². The second-order valence-electron chi connectivity index (χ2n) is 6.71. The highest BCUT2D eigenvalue weighted by atomic mass is 32.1. The van der Waals surface area contributed by atoms with Gasteiger partial charge in [-0.3, -0.25) is 14.5 Å². The summed E-state index contributed by atoms with van der Waals surface area (Å²) in [5.41, 5.74) is 7.07. The van der Waals surface area contributed by atoms with E-state index < -0.39 is 0 Å². The molecule has 0 spiro atoms. The Balaban J connectivity index is 1.51. The van der Waals surface area contributed by atoms with Gasteiger partial charge in [-0.25, -0.2) is 10.4 Å². The topological polar surface area (TPSA) is 85.1 Å².